The molecule has 5 rings (SSSR count). The molecule has 41 heavy (non-hydrogen) atoms. The van der Waals surface area contributed by atoms with Gasteiger partial charge in [0.1, 0.15) is 5.75 Å². The van der Waals surface area contributed by atoms with E-state index in [0.717, 1.165) is 61.1 Å². The zero-order chi connectivity index (χ0) is 29.0. The van der Waals surface area contributed by atoms with Gasteiger partial charge in [-0.2, -0.15) is 0 Å². The Kier molecular flexibility index (Phi) is 8.60. The number of nitrogens with zero attached hydrogens (tertiary/aromatic N) is 2. The van der Waals surface area contributed by atoms with E-state index in [9.17, 15) is 9.59 Å². The van der Waals surface area contributed by atoms with Crippen molar-refractivity contribution in [1.29, 1.82) is 0 Å². The summed E-state index contributed by atoms with van der Waals surface area (Å²) in [5.41, 5.74) is 4.39. The Morgan fingerprint density at radius 2 is 1.54 bits per heavy atom. The maximum atomic E-state index is 13.9. The predicted octanol–water partition coefficient (Wildman–Crippen LogP) is 6.39. The van der Waals surface area contributed by atoms with Crippen LogP contribution < -0.4 is 10.1 Å². The number of rotatable bonds is 8. The van der Waals surface area contributed by atoms with Gasteiger partial charge in [-0.25, -0.2) is 0 Å². The highest BCUT2D eigenvalue weighted by Gasteiger charge is 2.27. The van der Waals surface area contributed by atoms with Gasteiger partial charge in [-0.05, 0) is 76.3 Å². The Morgan fingerprint density at radius 3 is 2.17 bits per heavy atom. The van der Waals surface area contributed by atoms with Gasteiger partial charge in [-0.3, -0.25) is 9.59 Å². The Morgan fingerprint density at radius 1 is 0.902 bits per heavy atom. The first-order valence-electron chi connectivity index (χ1n) is 14.7. The number of hydrogen-bond acceptors (Lipinski definition) is 4. The number of carbonyl (C=O) groups excluding carboxylic acids is 2. The predicted molar refractivity (Wildman–Crippen MR) is 164 cm³/mol. The maximum absolute atomic E-state index is 13.9. The molecule has 1 aliphatic rings. The number of esters is 1. The molecule has 2 heterocycles. The first-order valence-corrected chi connectivity index (χ1v) is 14.7. The third kappa shape index (κ3) is 6.88. The minimum absolute atomic E-state index is 0.0682. The normalized spacial score (nSPS) is 14.7. The summed E-state index contributed by atoms with van der Waals surface area (Å²) in [7, 11) is 0. The van der Waals surface area contributed by atoms with E-state index in [2.05, 4.69) is 57.2 Å². The fraction of sp³-hybridized carbons (Fsp3) is 0.371. The number of likely N-dealkylation sites (tertiary alicyclic amines) is 1. The van der Waals surface area contributed by atoms with Crippen LogP contribution in [0.2, 0.25) is 0 Å². The van der Waals surface area contributed by atoms with Gasteiger partial charge in [0.05, 0.1) is 11.0 Å². The number of aromatic nitrogens is 1. The Hall–Kier alpha value is -3.90. The molecule has 0 unspecified atom stereocenters. The van der Waals surface area contributed by atoms with Crippen LogP contribution in [0.5, 0.6) is 5.75 Å². The molecule has 1 saturated heterocycles. The number of carbonyl (C=O) groups is 2. The van der Waals surface area contributed by atoms with E-state index in [1.807, 2.05) is 64.1 Å². The lowest BCUT2D eigenvalue weighted by atomic mass is 9.97. The molecule has 1 amide bonds. The minimum Gasteiger partial charge on any atom is -0.426 e. The summed E-state index contributed by atoms with van der Waals surface area (Å²) in [5.74, 6) is 0.0821. The second-order valence-electron chi connectivity index (χ2n) is 12.2. The van der Waals surface area contributed by atoms with Crippen molar-refractivity contribution < 1.29 is 14.3 Å². The molecule has 4 aromatic rings. The molecule has 3 aromatic carbocycles. The molecule has 0 radical (unpaired) electrons. The summed E-state index contributed by atoms with van der Waals surface area (Å²) in [4.78, 5) is 28.9. The Labute approximate surface area is 243 Å². The van der Waals surface area contributed by atoms with Crippen LogP contribution in [0, 0.1) is 12.3 Å². The van der Waals surface area contributed by atoms with E-state index >= 15 is 0 Å². The Balaban J connectivity index is 1.34. The summed E-state index contributed by atoms with van der Waals surface area (Å²) in [6, 6.07) is 26.6. The summed E-state index contributed by atoms with van der Waals surface area (Å²) in [6.45, 7) is 11.1. The van der Waals surface area contributed by atoms with Gasteiger partial charge >= 0.3 is 5.97 Å². The number of amides is 1. The molecule has 0 atom stereocenters. The number of piperidine rings is 1. The summed E-state index contributed by atoms with van der Waals surface area (Å²) >= 11 is 0. The molecule has 6 nitrogen and oxygen atoms in total. The van der Waals surface area contributed by atoms with Gasteiger partial charge in [-0.15, -0.1) is 0 Å². The molecule has 214 valence electrons. The topological polar surface area (TPSA) is 63.6 Å². The number of fused-ring (bicyclic) bond motifs is 1. The lowest BCUT2D eigenvalue weighted by Crippen LogP contribution is -2.45. The molecule has 0 bridgehead atoms. The van der Waals surface area contributed by atoms with Gasteiger partial charge in [0, 0.05) is 48.8 Å². The molecule has 1 N–H and O–H groups in total. The second-order valence-corrected chi connectivity index (χ2v) is 12.2. The fourth-order valence-electron chi connectivity index (χ4n) is 5.53. The summed E-state index contributed by atoms with van der Waals surface area (Å²) < 4.78 is 7.90. The zero-order valence-electron chi connectivity index (χ0n) is 24.7. The molecule has 0 spiro atoms. The molecule has 1 aliphatic heterocycles. The van der Waals surface area contributed by atoms with E-state index in [1.165, 1.54) is 5.56 Å². The largest absolute Gasteiger partial charge is 0.426 e. The quantitative estimate of drug-likeness (QED) is 0.204. The lowest BCUT2D eigenvalue weighted by molar-refractivity contribution is -0.142. The molecule has 0 saturated carbocycles. The smallest absolute Gasteiger partial charge is 0.316 e. The van der Waals surface area contributed by atoms with E-state index < -0.39 is 5.41 Å². The average Bonchev–Trinajstić information content (AvgIpc) is 3.23. The van der Waals surface area contributed by atoms with Gasteiger partial charge in [0.25, 0.3) is 5.91 Å². The van der Waals surface area contributed by atoms with Gasteiger partial charge < -0.3 is 19.5 Å². The highest BCUT2D eigenvalue weighted by atomic mass is 16.5. The van der Waals surface area contributed by atoms with Gasteiger partial charge in [0.15, 0.2) is 0 Å². The monoisotopic (exact) mass is 551 g/mol. The molecular weight excluding hydrogens is 510 g/mol. The average molecular weight is 552 g/mol. The SMILES string of the molecule is Cc1c(C(=O)NC2CCN(CCc3ccccc3)CC2)c2cc(OC(=O)C(C)(C)C)ccc2n1Cc1ccccc1. The highest BCUT2D eigenvalue weighted by Crippen LogP contribution is 2.31. The van der Waals surface area contributed by atoms with Crippen LogP contribution in [-0.2, 0) is 17.8 Å². The summed E-state index contributed by atoms with van der Waals surface area (Å²) in [6.07, 6.45) is 2.90. The van der Waals surface area contributed by atoms with Crippen molar-refractivity contribution >= 4 is 22.8 Å². The number of ether oxygens (including phenoxy) is 1. The maximum Gasteiger partial charge on any atom is 0.316 e. The summed E-state index contributed by atoms with van der Waals surface area (Å²) in [5, 5.41) is 4.14. The number of nitrogens with one attached hydrogen (secondary N) is 1. The number of benzene rings is 3. The molecule has 1 fully saturated rings. The van der Waals surface area contributed by atoms with Gasteiger partial charge in [-0.1, -0.05) is 60.7 Å². The van der Waals surface area contributed by atoms with Crippen molar-refractivity contribution in [3.63, 3.8) is 0 Å². The first-order chi connectivity index (χ1) is 19.7. The van der Waals surface area contributed by atoms with Crippen LogP contribution in [0.4, 0.5) is 0 Å². The van der Waals surface area contributed by atoms with E-state index in [1.54, 1.807) is 0 Å². The first kappa shape index (κ1) is 28.6. The standard InChI is InChI=1S/C35H41N3O3/c1-25-32(33(39)36-28-18-21-37(22-19-28)20-17-26-11-7-5-8-12-26)30-23-29(41-34(40)35(2,3)4)15-16-31(30)38(25)24-27-13-9-6-10-14-27/h5-16,23,28H,17-22,24H2,1-4H3,(H,36,39). The van der Waals surface area contributed by atoms with E-state index in [4.69, 9.17) is 4.74 Å². The third-order valence-corrected chi connectivity index (χ3v) is 8.01. The van der Waals surface area contributed by atoms with Crippen LogP contribution in [0.1, 0.15) is 60.8 Å². The zero-order valence-corrected chi connectivity index (χ0v) is 24.7. The molecular formula is C35H41N3O3. The van der Waals surface area contributed by atoms with Crippen molar-refractivity contribution in [3.05, 3.63) is 101 Å². The van der Waals surface area contributed by atoms with E-state index in [0.29, 0.717) is 17.9 Å². The molecule has 1 aromatic heterocycles. The second kappa shape index (κ2) is 12.3. The van der Waals surface area contributed by atoms with Crippen LogP contribution in [0.15, 0.2) is 78.9 Å². The van der Waals surface area contributed by atoms with Crippen LogP contribution in [0.3, 0.4) is 0 Å². The number of hydrogen-bond donors (Lipinski definition) is 1. The fourth-order valence-corrected chi connectivity index (χ4v) is 5.53. The van der Waals surface area contributed by atoms with Crippen molar-refractivity contribution in [2.24, 2.45) is 5.41 Å². The van der Waals surface area contributed by atoms with Crippen molar-refractivity contribution in [2.45, 2.75) is 59.5 Å². The third-order valence-electron chi connectivity index (χ3n) is 8.01. The van der Waals surface area contributed by atoms with Crippen molar-refractivity contribution in [1.82, 2.24) is 14.8 Å². The van der Waals surface area contributed by atoms with E-state index in [-0.39, 0.29) is 17.9 Å². The molecule has 0 aliphatic carbocycles. The highest BCUT2D eigenvalue weighted by molar-refractivity contribution is 6.09. The van der Waals surface area contributed by atoms with Crippen LogP contribution in [0.25, 0.3) is 10.9 Å². The van der Waals surface area contributed by atoms with Gasteiger partial charge in [0.2, 0.25) is 0 Å². The van der Waals surface area contributed by atoms with Crippen LogP contribution in [-0.4, -0.2) is 47.0 Å². The van der Waals surface area contributed by atoms with Crippen molar-refractivity contribution in [3.8, 4) is 5.75 Å². The Bertz CT molecular complexity index is 1490. The van der Waals surface area contributed by atoms with Crippen LogP contribution >= 0.6 is 0 Å². The minimum atomic E-state index is -0.625. The lowest BCUT2D eigenvalue weighted by Gasteiger charge is -2.32. The molecule has 6 heteroatoms. The van der Waals surface area contributed by atoms with Crippen molar-refractivity contribution in [2.75, 3.05) is 19.6 Å².